The van der Waals surface area contributed by atoms with Crippen molar-refractivity contribution in [3.63, 3.8) is 0 Å². The van der Waals surface area contributed by atoms with Crippen LogP contribution in [0, 0.1) is 11.6 Å². The van der Waals surface area contributed by atoms with Crippen molar-refractivity contribution in [3.05, 3.63) is 64.7 Å². The summed E-state index contributed by atoms with van der Waals surface area (Å²) >= 11 is 0. The zero-order valence-electron chi connectivity index (χ0n) is 12.4. The number of ether oxygens (including phenoxy) is 1. The van der Waals surface area contributed by atoms with Gasteiger partial charge in [0.25, 0.3) is 0 Å². The van der Waals surface area contributed by atoms with E-state index in [0.717, 1.165) is 0 Å². The molecule has 0 bridgehead atoms. The highest BCUT2D eigenvalue weighted by atomic mass is 19.4. The van der Waals surface area contributed by atoms with Crippen LogP contribution in [0.5, 0.6) is 5.75 Å². The molecular formula is C17H15F5O. The van der Waals surface area contributed by atoms with E-state index in [2.05, 4.69) is 4.74 Å². The molecule has 0 radical (unpaired) electrons. The first-order valence-corrected chi connectivity index (χ1v) is 7.10. The minimum Gasteiger partial charge on any atom is -0.406 e. The molecule has 0 aromatic heterocycles. The van der Waals surface area contributed by atoms with E-state index >= 15 is 0 Å². The molecule has 0 aliphatic rings. The fraction of sp³-hybridized carbons (Fsp3) is 0.294. The molecule has 0 aliphatic heterocycles. The van der Waals surface area contributed by atoms with Crippen molar-refractivity contribution in [1.82, 2.24) is 0 Å². The lowest BCUT2D eigenvalue weighted by molar-refractivity contribution is -0.274. The standard InChI is InChI=1S/C17H15F5O/c1-2-12-7-8-13(16(19)15(12)18)6-3-11-4-9-14(10-5-11)23-17(20,21)22/h4-5,7-10H,2-3,6H2,1H3. The Hall–Kier alpha value is -2.11. The maximum atomic E-state index is 13.9. The summed E-state index contributed by atoms with van der Waals surface area (Å²) in [4.78, 5) is 0. The van der Waals surface area contributed by atoms with E-state index in [0.29, 0.717) is 24.0 Å². The zero-order chi connectivity index (χ0) is 17.0. The number of halogens is 5. The Morgan fingerprint density at radius 1 is 0.826 bits per heavy atom. The first-order chi connectivity index (χ1) is 10.8. The predicted octanol–water partition coefficient (Wildman–Crippen LogP) is 5.21. The Balaban J connectivity index is 2.03. The van der Waals surface area contributed by atoms with Gasteiger partial charge in [-0.3, -0.25) is 0 Å². The van der Waals surface area contributed by atoms with E-state index < -0.39 is 18.0 Å². The molecule has 2 aromatic rings. The van der Waals surface area contributed by atoms with E-state index in [1.165, 1.54) is 24.3 Å². The fourth-order valence-corrected chi connectivity index (χ4v) is 2.23. The summed E-state index contributed by atoms with van der Waals surface area (Å²) in [6.45, 7) is 1.74. The van der Waals surface area contributed by atoms with Gasteiger partial charge in [-0.25, -0.2) is 8.78 Å². The summed E-state index contributed by atoms with van der Waals surface area (Å²) in [5.74, 6) is -2.01. The van der Waals surface area contributed by atoms with Crippen molar-refractivity contribution in [1.29, 1.82) is 0 Å². The molecule has 2 aromatic carbocycles. The van der Waals surface area contributed by atoms with Crippen LogP contribution in [0.4, 0.5) is 22.0 Å². The third-order valence-electron chi connectivity index (χ3n) is 3.46. The summed E-state index contributed by atoms with van der Waals surface area (Å²) in [7, 11) is 0. The van der Waals surface area contributed by atoms with E-state index in [1.54, 1.807) is 19.1 Å². The summed E-state index contributed by atoms with van der Waals surface area (Å²) in [5.41, 5.74) is 1.27. The first kappa shape index (κ1) is 17.2. The minimum atomic E-state index is -4.73. The highest BCUT2D eigenvalue weighted by Crippen LogP contribution is 2.23. The van der Waals surface area contributed by atoms with Crippen LogP contribution < -0.4 is 4.74 Å². The van der Waals surface area contributed by atoms with Gasteiger partial charge in [0, 0.05) is 0 Å². The molecule has 6 heteroatoms. The fourth-order valence-electron chi connectivity index (χ4n) is 2.23. The van der Waals surface area contributed by atoms with Gasteiger partial charge in [0.15, 0.2) is 11.6 Å². The predicted molar refractivity (Wildman–Crippen MR) is 76.3 cm³/mol. The lowest BCUT2D eigenvalue weighted by Gasteiger charge is -2.10. The molecule has 0 N–H and O–H groups in total. The van der Waals surface area contributed by atoms with Crippen LogP contribution in [0.15, 0.2) is 36.4 Å². The van der Waals surface area contributed by atoms with Crippen molar-refractivity contribution in [2.24, 2.45) is 0 Å². The molecular weight excluding hydrogens is 315 g/mol. The Morgan fingerprint density at radius 3 is 1.96 bits per heavy atom. The third kappa shape index (κ3) is 4.68. The normalized spacial score (nSPS) is 11.6. The smallest absolute Gasteiger partial charge is 0.406 e. The average molecular weight is 330 g/mol. The SMILES string of the molecule is CCc1ccc(CCc2ccc(OC(F)(F)F)cc2)c(F)c1F. The molecule has 124 valence electrons. The van der Waals surface area contributed by atoms with Crippen LogP contribution in [-0.2, 0) is 19.3 Å². The molecule has 0 aliphatic carbocycles. The van der Waals surface area contributed by atoms with E-state index in [1.807, 2.05) is 0 Å². The average Bonchev–Trinajstić information content (AvgIpc) is 2.49. The van der Waals surface area contributed by atoms with Crippen molar-refractivity contribution >= 4 is 0 Å². The molecule has 0 atom stereocenters. The molecule has 0 saturated carbocycles. The highest BCUT2D eigenvalue weighted by molar-refractivity contribution is 5.30. The van der Waals surface area contributed by atoms with E-state index in [-0.39, 0.29) is 17.7 Å². The lowest BCUT2D eigenvalue weighted by atomic mass is 10.0. The van der Waals surface area contributed by atoms with Gasteiger partial charge in [0.2, 0.25) is 0 Å². The van der Waals surface area contributed by atoms with E-state index in [9.17, 15) is 22.0 Å². The lowest BCUT2D eigenvalue weighted by Crippen LogP contribution is -2.17. The van der Waals surface area contributed by atoms with Crippen LogP contribution in [0.3, 0.4) is 0 Å². The van der Waals surface area contributed by atoms with Crippen LogP contribution in [0.1, 0.15) is 23.6 Å². The number of aryl methyl sites for hydroxylation is 3. The van der Waals surface area contributed by atoms with Crippen LogP contribution >= 0.6 is 0 Å². The Labute approximate surface area is 130 Å². The molecule has 23 heavy (non-hydrogen) atoms. The van der Waals surface area contributed by atoms with Gasteiger partial charge in [-0.1, -0.05) is 31.2 Å². The summed E-state index contributed by atoms with van der Waals surface area (Å²) < 4.78 is 67.5. The van der Waals surface area contributed by atoms with Crippen LogP contribution in [0.2, 0.25) is 0 Å². The van der Waals surface area contributed by atoms with Crippen LogP contribution in [-0.4, -0.2) is 6.36 Å². The second kappa shape index (κ2) is 6.98. The number of rotatable bonds is 5. The van der Waals surface area contributed by atoms with Crippen molar-refractivity contribution in [2.75, 3.05) is 0 Å². The second-order valence-electron chi connectivity index (χ2n) is 5.06. The molecule has 0 fully saturated rings. The van der Waals surface area contributed by atoms with Gasteiger partial charge in [-0.15, -0.1) is 13.2 Å². The quantitative estimate of drug-likeness (QED) is 0.684. The maximum Gasteiger partial charge on any atom is 0.573 e. The molecule has 1 nitrogen and oxygen atoms in total. The summed E-state index contributed by atoms with van der Waals surface area (Å²) in [5, 5.41) is 0. The van der Waals surface area contributed by atoms with Gasteiger partial charge >= 0.3 is 6.36 Å². The van der Waals surface area contributed by atoms with E-state index in [4.69, 9.17) is 0 Å². The molecule has 0 heterocycles. The van der Waals surface area contributed by atoms with Crippen molar-refractivity contribution in [3.8, 4) is 5.75 Å². The molecule has 0 saturated heterocycles. The number of hydrogen-bond acceptors (Lipinski definition) is 1. The van der Waals surface area contributed by atoms with Gasteiger partial charge in [0.05, 0.1) is 0 Å². The Morgan fingerprint density at radius 2 is 1.39 bits per heavy atom. The van der Waals surface area contributed by atoms with Gasteiger partial charge < -0.3 is 4.74 Å². The van der Waals surface area contributed by atoms with Gasteiger partial charge in [-0.2, -0.15) is 0 Å². The Bertz CT molecular complexity index is 662. The first-order valence-electron chi connectivity index (χ1n) is 7.10. The molecule has 0 amide bonds. The van der Waals surface area contributed by atoms with Crippen molar-refractivity contribution < 1.29 is 26.7 Å². The van der Waals surface area contributed by atoms with Crippen molar-refractivity contribution in [2.45, 2.75) is 32.5 Å². The molecule has 0 unspecified atom stereocenters. The number of benzene rings is 2. The zero-order valence-corrected chi connectivity index (χ0v) is 12.4. The summed E-state index contributed by atoms with van der Waals surface area (Å²) in [6.07, 6.45) is -3.69. The maximum absolute atomic E-state index is 13.9. The minimum absolute atomic E-state index is 0.246. The Kier molecular flexibility index (Phi) is 5.23. The number of alkyl halides is 3. The third-order valence-corrected chi connectivity index (χ3v) is 3.46. The molecule has 0 spiro atoms. The van der Waals surface area contributed by atoms with Crippen LogP contribution in [0.25, 0.3) is 0 Å². The number of hydrogen-bond donors (Lipinski definition) is 0. The largest absolute Gasteiger partial charge is 0.573 e. The topological polar surface area (TPSA) is 9.23 Å². The monoisotopic (exact) mass is 330 g/mol. The summed E-state index contributed by atoms with van der Waals surface area (Å²) in [6, 6.07) is 8.41. The van der Waals surface area contributed by atoms with Gasteiger partial charge in [-0.05, 0) is 48.1 Å². The highest BCUT2D eigenvalue weighted by Gasteiger charge is 2.30. The second-order valence-corrected chi connectivity index (χ2v) is 5.06. The molecule has 2 rings (SSSR count). The van der Waals surface area contributed by atoms with Gasteiger partial charge in [0.1, 0.15) is 5.75 Å².